The van der Waals surface area contributed by atoms with E-state index in [-0.39, 0.29) is 17.9 Å². The van der Waals surface area contributed by atoms with Crippen molar-refractivity contribution in [1.82, 2.24) is 10.2 Å². The third-order valence-corrected chi connectivity index (χ3v) is 3.76. The van der Waals surface area contributed by atoms with E-state index in [9.17, 15) is 18.0 Å². The highest BCUT2D eigenvalue weighted by atomic mass is 19.4. The minimum Gasteiger partial charge on any atom is -0.341 e. The Hall–Kier alpha value is -1.56. The standard InChI is InChI=1S/C15H19F3N2O/c1-11(21)20-8-13(12-5-3-2-4-6-12)7-14(9-20)19-10-15(16,17)18/h2-6,13-14,19H,7-10H2,1H3. The smallest absolute Gasteiger partial charge is 0.341 e. The molecule has 0 aromatic heterocycles. The van der Waals surface area contributed by atoms with Crippen molar-refractivity contribution in [3.63, 3.8) is 0 Å². The van der Waals surface area contributed by atoms with E-state index in [1.165, 1.54) is 6.92 Å². The van der Waals surface area contributed by atoms with Crippen molar-refractivity contribution in [2.75, 3.05) is 19.6 Å². The second kappa shape index (κ2) is 6.47. The first-order chi connectivity index (χ1) is 9.85. The number of halogens is 3. The van der Waals surface area contributed by atoms with Gasteiger partial charge in [-0.3, -0.25) is 4.79 Å². The molecule has 1 amide bonds. The number of carbonyl (C=O) groups is 1. The van der Waals surface area contributed by atoms with Gasteiger partial charge in [0.25, 0.3) is 0 Å². The summed E-state index contributed by atoms with van der Waals surface area (Å²) in [4.78, 5) is 13.2. The zero-order valence-corrected chi connectivity index (χ0v) is 11.9. The normalized spacial score (nSPS) is 23.1. The van der Waals surface area contributed by atoms with Crippen LogP contribution in [0.4, 0.5) is 13.2 Å². The molecule has 0 spiro atoms. The van der Waals surface area contributed by atoms with Gasteiger partial charge in [-0.05, 0) is 12.0 Å². The van der Waals surface area contributed by atoms with Gasteiger partial charge in [0, 0.05) is 32.0 Å². The zero-order chi connectivity index (χ0) is 15.5. The Bertz CT molecular complexity index is 476. The fourth-order valence-corrected chi connectivity index (χ4v) is 2.73. The van der Waals surface area contributed by atoms with Crippen molar-refractivity contribution in [2.24, 2.45) is 0 Å². The summed E-state index contributed by atoms with van der Waals surface area (Å²) in [5.74, 6) is -0.0379. The second-order valence-corrected chi connectivity index (χ2v) is 5.46. The molecule has 1 saturated heterocycles. The summed E-state index contributed by atoms with van der Waals surface area (Å²) in [5, 5.41) is 2.53. The Morgan fingerprint density at radius 2 is 1.95 bits per heavy atom. The van der Waals surface area contributed by atoms with Gasteiger partial charge in [0.15, 0.2) is 0 Å². The van der Waals surface area contributed by atoms with Gasteiger partial charge in [0.1, 0.15) is 0 Å². The van der Waals surface area contributed by atoms with Crippen molar-refractivity contribution in [2.45, 2.75) is 31.5 Å². The summed E-state index contributed by atoms with van der Waals surface area (Å²) >= 11 is 0. The number of nitrogens with zero attached hydrogens (tertiary/aromatic N) is 1. The minimum atomic E-state index is -4.24. The molecule has 1 heterocycles. The summed E-state index contributed by atoms with van der Waals surface area (Å²) in [6.07, 6.45) is -3.63. The van der Waals surface area contributed by atoms with Gasteiger partial charge in [-0.25, -0.2) is 0 Å². The van der Waals surface area contributed by atoms with Crippen molar-refractivity contribution in [1.29, 1.82) is 0 Å². The fourth-order valence-electron chi connectivity index (χ4n) is 2.73. The van der Waals surface area contributed by atoms with Gasteiger partial charge in [-0.2, -0.15) is 13.2 Å². The summed E-state index contributed by atoms with van der Waals surface area (Å²) in [6, 6.07) is 9.27. The highest BCUT2D eigenvalue weighted by Crippen LogP contribution is 2.27. The Morgan fingerprint density at radius 3 is 2.52 bits per heavy atom. The molecule has 1 N–H and O–H groups in total. The van der Waals surface area contributed by atoms with E-state index in [1.54, 1.807) is 4.90 Å². The fraction of sp³-hybridized carbons (Fsp3) is 0.533. The number of carbonyl (C=O) groups excluding carboxylic acids is 1. The first kappa shape index (κ1) is 15.8. The molecule has 3 nitrogen and oxygen atoms in total. The largest absolute Gasteiger partial charge is 0.401 e. The van der Waals surface area contributed by atoms with Crippen LogP contribution in [0.2, 0.25) is 0 Å². The molecule has 0 bridgehead atoms. The topological polar surface area (TPSA) is 32.3 Å². The summed E-state index contributed by atoms with van der Waals surface area (Å²) in [6.45, 7) is 1.32. The number of hydrogen-bond acceptors (Lipinski definition) is 2. The molecule has 1 aromatic carbocycles. The van der Waals surface area contributed by atoms with Crippen molar-refractivity contribution >= 4 is 5.91 Å². The minimum absolute atomic E-state index is 0.0644. The molecule has 116 valence electrons. The number of likely N-dealkylation sites (tertiary alicyclic amines) is 1. The van der Waals surface area contributed by atoms with Gasteiger partial charge in [-0.15, -0.1) is 0 Å². The molecule has 1 aromatic rings. The average molecular weight is 300 g/mol. The summed E-state index contributed by atoms with van der Waals surface area (Å²) < 4.78 is 37.0. The summed E-state index contributed by atoms with van der Waals surface area (Å²) in [7, 11) is 0. The Morgan fingerprint density at radius 1 is 1.29 bits per heavy atom. The maximum Gasteiger partial charge on any atom is 0.401 e. The first-order valence-electron chi connectivity index (χ1n) is 6.96. The van der Waals surface area contributed by atoms with Crippen LogP contribution < -0.4 is 5.32 Å². The van der Waals surface area contributed by atoms with Crippen LogP contribution in [0.1, 0.15) is 24.8 Å². The van der Waals surface area contributed by atoms with Crippen LogP contribution in [0.5, 0.6) is 0 Å². The summed E-state index contributed by atoms with van der Waals surface area (Å²) in [5.41, 5.74) is 1.06. The molecule has 1 aliphatic heterocycles. The highest BCUT2D eigenvalue weighted by Gasteiger charge is 2.33. The van der Waals surface area contributed by atoms with Crippen molar-refractivity contribution in [3.8, 4) is 0 Å². The van der Waals surface area contributed by atoms with Crippen LogP contribution in [0.3, 0.4) is 0 Å². The first-order valence-corrected chi connectivity index (χ1v) is 6.96. The Labute approximate surface area is 122 Å². The van der Waals surface area contributed by atoms with Gasteiger partial charge in [0.2, 0.25) is 5.91 Å². The number of hydrogen-bond donors (Lipinski definition) is 1. The van der Waals surface area contributed by atoms with Crippen LogP contribution >= 0.6 is 0 Å². The average Bonchev–Trinajstić information content (AvgIpc) is 2.45. The lowest BCUT2D eigenvalue weighted by atomic mass is 9.88. The molecule has 0 radical (unpaired) electrons. The molecule has 2 atom stereocenters. The van der Waals surface area contributed by atoms with E-state index in [1.807, 2.05) is 30.3 Å². The number of nitrogens with one attached hydrogen (secondary N) is 1. The van der Waals surface area contributed by atoms with E-state index in [4.69, 9.17) is 0 Å². The van der Waals surface area contributed by atoms with E-state index in [0.717, 1.165) is 5.56 Å². The SMILES string of the molecule is CC(=O)N1CC(NCC(F)(F)F)CC(c2ccccc2)C1. The third kappa shape index (κ3) is 4.74. The molecule has 0 saturated carbocycles. The van der Waals surface area contributed by atoms with Crippen LogP contribution in [0.25, 0.3) is 0 Å². The molecule has 2 unspecified atom stereocenters. The quantitative estimate of drug-likeness (QED) is 0.930. The molecule has 1 aliphatic rings. The lowest BCUT2D eigenvalue weighted by Gasteiger charge is -2.38. The molecule has 6 heteroatoms. The highest BCUT2D eigenvalue weighted by molar-refractivity contribution is 5.73. The predicted octanol–water partition coefficient (Wildman–Crippen LogP) is 2.54. The predicted molar refractivity (Wildman–Crippen MR) is 73.9 cm³/mol. The second-order valence-electron chi connectivity index (χ2n) is 5.46. The lowest BCUT2D eigenvalue weighted by molar-refractivity contribution is -0.132. The number of piperidine rings is 1. The monoisotopic (exact) mass is 300 g/mol. The third-order valence-electron chi connectivity index (χ3n) is 3.76. The Balaban J connectivity index is 2.07. The van der Waals surface area contributed by atoms with Crippen molar-refractivity contribution in [3.05, 3.63) is 35.9 Å². The van der Waals surface area contributed by atoms with Gasteiger partial charge in [0.05, 0.1) is 6.54 Å². The molecule has 2 rings (SSSR count). The number of amides is 1. The zero-order valence-electron chi connectivity index (χ0n) is 11.9. The van der Waals surface area contributed by atoms with E-state index in [2.05, 4.69) is 5.32 Å². The van der Waals surface area contributed by atoms with Crippen LogP contribution in [0, 0.1) is 0 Å². The van der Waals surface area contributed by atoms with Gasteiger partial charge >= 0.3 is 6.18 Å². The van der Waals surface area contributed by atoms with Gasteiger partial charge < -0.3 is 10.2 Å². The Kier molecular flexibility index (Phi) is 4.88. The molecule has 1 fully saturated rings. The maximum absolute atomic E-state index is 12.3. The van der Waals surface area contributed by atoms with Crippen LogP contribution in [-0.4, -0.2) is 42.7 Å². The maximum atomic E-state index is 12.3. The molecule has 0 aliphatic carbocycles. The van der Waals surface area contributed by atoms with Crippen LogP contribution in [-0.2, 0) is 4.79 Å². The van der Waals surface area contributed by atoms with E-state index < -0.39 is 12.7 Å². The van der Waals surface area contributed by atoms with E-state index >= 15 is 0 Å². The van der Waals surface area contributed by atoms with Crippen LogP contribution in [0.15, 0.2) is 30.3 Å². The molecular weight excluding hydrogens is 281 g/mol. The van der Waals surface area contributed by atoms with Gasteiger partial charge in [-0.1, -0.05) is 30.3 Å². The van der Waals surface area contributed by atoms with Crippen molar-refractivity contribution < 1.29 is 18.0 Å². The lowest BCUT2D eigenvalue weighted by Crippen LogP contribution is -2.51. The molecular formula is C15H19F3N2O. The number of rotatable bonds is 3. The number of alkyl halides is 3. The van der Waals surface area contributed by atoms with E-state index in [0.29, 0.717) is 19.5 Å². The molecule has 21 heavy (non-hydrogen) atoms. The number of benzene rings is 1.